The standard InChI is InChI=1S/C5H4N4.H2/c1-4-2-8-9-5(4)7-3-6-1;/h1-3H,(H,6,7,8,9);1H. The van der Waals surface area contributed by atoms with Gasteiger partial charge in [0.15, 0.2) is 5.65 Å². The van der Waals surface area contributed by atoms with Crippen LogP contribution in [0.2, 0.25) is 0 Å². The van der Waals surface area contributed by atoms with Gasteiger partial charge in [0.1, 0.15) is 6.33 Å². The molecule has 0 aromatic carbocycles. The van der Waals surface area contributed by atoms with Crippen molar-refractivity contribution >= 4 is 11.0 Å². The Morgan fingerprint density at radius 1 is 1.44 bits per heavy atom. The Morgan fingerprint density at radius 2 is 2.44 bits per heavy atom. The monoisotopic (exact) mass is 122 g/mol. The van der Waals surface area contributed by atoms with E-state index in [1.54, 1.807) is 12.4 Å². The maximum absolute atomic E-state index is 3.91. The van der Waals surface area contributed by atoms with E-state index in [1.165, 1.54) is 6.33 Å². The predicted molar refractivity (Wildman–Crippen MR) is 33.8 cm³/mol. The van der Waals surface area contributed by atoms with Crippen LogP contribution >= 0.6 is 0 Å². The van der Waals surface area contributed by atoms with Gasteiger partial charge in [0.25, 0.3) is 0 Å². The van der Waals surface area contributed by atoms with Crippen LogP contribution in [-0.4, -0.2) is 20.2 Å². The Hall–Kier alpha value is -1.45. The molecular weight excluding hydrogens is 116 g/mol. The number of rotatable bonds is 0. The van der Waals surface area contributed by atoms with Crippen molar-refractivity contribution in [1.29, 1.82) is 0 Å². The lowest BCUT2D eigenvalue weighted by Crippen LogP contribution is -1.75. The van der Waals surface area contributed by atoms with Gasteiger partial charge in [-0.25, -0.2) is 9.97 Å². The van der Waals surface area contributed by atoms with Gasteiger partial charge in [-0.15, -0.1) is 0 Å². The summed E-state index contributed by atoms with van der Waals surface area (Å²) in [6.45, 7) is 0. The Labute approximate surface area is 52.4 Å². The summed E-state index contributed by atoms with van der Waals surface area (Å²) in [5.41, 5.74) is 0.782. The van der Waals surface area contributed by atoms with Crippen LogP contribution in [0.3, 0.4) is 0 Å². The molecule has 0 aliphatic rings. The minimum Gasteiger partial charge on any atom is -0.261 e. The van der Waals surface area contributed by atoms with Crippen molar-refractivity contribution in [3.63, 3.8) is 0 Å². The second kappa shape index (κ2) is 1.51. The minimum absolute atomic E-state index is 0. The van der Waals surface area contributed by atoms with Gasteiger partial charge in [0.05, 0.1) is 11.6 Å². The second-order valence-electron chi connectivity index (χ2n) is 1.70. The summed E-state index contributed by atoms with van der Waals surface area (Å²) in [7, 11) is 0. The van der Waals surface area contributed by atoms with Crippen molar-refractivity contribution in [2.45, 2.75) is 0 Å². The molecule has 0 fully saturated rings. The molecule has 0 aliphatic heterocycles. The van der Waals surface area contributed by atoms with Gasteiger partial charge in [-0.3, -0.25) is 5.10 Å². The third-order valence-corrected chi connectivity index (χ3v) is 1.11. The van der Waals surface area contributed by atoms with Crippen LogP contribution in [0, 0.1) is 0 Å². The van der Waals surface area contributed by atoms with E-state index in [0.717, 1.165) is 11.0 Å². The number of fused-ring (bicyclic) bond motifs is 1. The number of aromatic amines is 1. The largest absolute Gasteiger partial charge is 0.261 e. The van der Waals surface area contributed by atoms with E-state index in [0.29, 0.717) is 0 Å². The van der Waals surface area contributed by atoms with E-state index < -0.39 is 0 Å². The Balaban J connectivity index is 0.000000500. The molecule has 1 N–H and O–H groups in total. The van der Waals surface area contributed by atoms with Crippen molar-refractivity contribution in [3.8, 4) is 0 Å². The second-order valence-corrected chi connectivity index (χ2v) is 1.70. The summed E-state index contributed by atoms with van der Waals surface area (Å²) < 4.78 is 0. The van der Waals surface area contributed by atoms with E-state index in [9.17, 15) is 0 Å². The van der Waals surface area contributed by atoms with Gasteiger partial charge in [0.2, 0.25) is 0 Å². The highest BCUT2D eigenvalue weighted by Crippen LogP contribution is 2.01. The molecule has 0 amide bonds. The van der Waals surface area contributed by atoms with Crippen LogP contribution in [0.1, 0.15) is 1.43 Å². The summed E-state index contributed by atoms with van der Waals surface area (Å²) in [5, 5.41) is 7.43. The maximum atomic E-state index is 3.91. The molecule has 0 unspecified atom stereocenters. The zero-order chi connectivity index (χ0) is 6.10. The smallest absolute Gasteiger partial charge is 0.158 e. The lowest BCUT2D eigenvalue weighted by Gasteiger charge is -1.80. The fourth-order valence-corrected chi connectivity index (χ4v) is 0.691. The quantitative estimate of drug-likeness (QED) is 0.556. The molecule has 46 valence electrons. The van der Waals surface area contributed by atoms with Crippen molar-refractivity contribution < 1.29 is 1.43 Å². The fourth-order valence-electron chi connectivity index (χ4n) is 0.691. The normalized spacial score (nSPS) is 10.2. The number of nitrogens with zero attached hydrogens (tertiary/aromatic N) is 3. The van der Waals surface area contributed by atoms with Gasteiger partial charge in [0, 0.05) is 7.62 Å². The lowest BCUT2D eigenvalue weighted by atomic mass is 10.5. The third kappa shape index (κ3) is 0.561. The highest BCUT2D eigenvalue weighted by molar-refractivity contribution is 5.71. The average Bonchev–Trinajstić information content (AvgIpc) is 2.33. The molecule has 4 nitrogen and oxygen atoms in total. The number of H-pyrrole nitrogens is 1. The van der Waals surface area contributed by atoms with Crippen LogP contribution in [0.15, 0.2) is 18.7 Å². The summed E-state index contributed by atoms with van der Waals surface area (Å²) in [6.07, 6.45) is 4.89. The highest BCUT2D eigenvalue weighted by Gasteiger charge is 1.90. The van der Waals surface area contributed by atoms with Crippen LogP contribution in [0.5, 0.6) is 0 Å². The molecule has 0 aliphatic carbocycles. The number of nitrogens with one attached hydrogen (secondary N) is 1. The van der Waals surface area contributed by atoms with Crippen LogP contribution in [0.25, 0.3) is 11.0 Å². The Bertz CT molecular complexity index is 288. The van der Waals surface area contributed by atoms with Gasteiger partial charge in [-0.05, 0) is 0 Å². The number of hydrogen-bond donors (Lipinski definition) is 1. The highest BCUT2D eigenvalue weighted by atomic mass is 15.1. The fraction of sp³-hybridized carbons (Fsp3) is 0. The SMILES string of the molecule is [HH].c1ncc2cn[nH]c2n1. The zero-order valence-corrected chi connectivity index (χ0v) is 4.57. The van der Waals surface area contributed by atoms with E-state index in [-0.39, 0.29) is 1.43 Å². The number of aromatic nitrogens is 4. The summed E-state index contributed by atoms with van der Waals surface area (Å²) in [4.78, 5) is 7.73. The van der Waals surface area contributed by atoms with Crippen molar-refractivity contribution in [2.24, 2.45) is 0 Å². The summed E-state index contributed by atoms with van der Waals surface area (Å²) in [6, 6.07) is 0. The molecule has 2 rings (SSSR count). The van der Waals surface area contributed by atoms with Gasteiger partial charge >= 0.3 is 0 Å². The molecule has 4 heteroatoms. The molecule has 2 heterocycles. The maximum Gasteiger partial charge on any atom is 0.158 e. The lowest BCUT2D eigenvalue weighted by molar-refractivity contribution is 1.09. The first-order chi connectivity index (χ1) is 4.47. The first-order valence-corrected chi connectivity index (χ1v) is 2.56. The molecule has 0 bridgehead atoms. The molecule has 2 aromatic rings. The van der Waals surface area contributed by atoms with Crippen LogP contribution in [-0.2, 0) is 0 Å². The van der Waals surface area contributed by atoms with Gasteiger partial charge in [-0.1, -0.05) is 0 Å². The van der Waals surface area contributed by atoms with E-state index in [4.69, 9.17) is 0 Å². The molecule has 0 saturated carbocycles. The van der Waals surface area contributed by atoms with E-state index >= 15 is 0 Å². The van der Waals surface area contributed by atoms with Crippen LogP contribution in [0.4, 0.5) is 0 Å². The first kappa shape index (κ1) is 4.43. The van der Waals surface area contributed by atoms with Gasteiger partial charge in [-0.2, -0.15) is 5.10 Å². The Morgan fingerprint density at radius 3 is 3.33 bits per heavy atom. The molecule has 2 aromatic heterocycles. The zero-order valence-electron chi connectivity index (χ0n) is 4.57. The molecular formula is C5H6N4. The van der Waals surface area contributed by atoms with Gasteiger partial charge < -0.3 is 0 Å². The van der Waals surface area contributed by atoms with Crippen molar-refractivity contribution in [3.05, 3.63) is 18.7 Å². The van der Waals surface area contributed by atoms with Crippen LogP contribution < -0.4 is 0 Å². The molecule has 0 saturated heterocycles. The van der Waals surface area contributed by atoms with Crippen molar-refractivity contribution in [1.82, 2.24) is 20.2 Å². The van der Waals surface area contributed by atoms with Crippen molar-refractivity contribution in [2.75, 3.05) is 0 Å². The third-order valence-electron chi connectivity index (χ3n) is 1.11. The minimum atomic E-state index is 0. The Kier molecular flexibility index (Phi) is 0.745. The summed E-state index contributed by atoms with van der Waals surface area (Å²) >= 11 is 0. The van der Waals surface area contributed by atoms with E-state index in [1.807, 2.05) is 0 Å². The first-order valence-electron chi connectivity index (χ1n) is 2.56. The predicted octanol–water partition coefficient (Wildman–Crippen LogP) is 0.599. The molecule has 0 atom stereocenters. The van der Waals surface area contributed by atoms with E-state index in [2.05, 4.69) is 20.2 Å². The summed E-state index contributed by atoms with van der Waals surface area (Å²) in [5.74, 6) is 0. The average molecular weight is 122 g/mol. The molecule has 9 heavy (non-hydrogen) atoms. The molecule has 0 spiro atoms. The topological polar surface area (TPSA) is 54.5 Å². The molecule has 0 radical (unpaired) electrons. The number of hydrogen-bond acceptors (Lipinski definition) is 3.